The third kappa shape index (κ3) is 3.86. The largest absolute Gasteiger partial charge is 0.459 e. The molecule has 90 valence electrons. The molecule has 0 spiro atoms. The Morgan fingerprint density at radius 1 is 1.50 bits per heavy atom. The molecule has 16 heavy (non-hydrogen) atoms. The van der Waals surface area contributed by atoms with Crippen molar-refractivity contribution in [3.63, 3.8) is 0 Å². The minimum absolute atomic E-state index is 0.137. The predicted molar refractivity (Wildman–Crippen MR) is 63.9 cm³/mol. The Kier molecular flexibility index (Phi) is 4.37. The first-order valence-corrected chi connectivity index (χ1v) is 5.84. The maximum atomic E-state index is 12.0. The van der Waals surface area contributed by atoms with Gasteiger partial charge in [0.1, 0.15) is 11.6 Å². The van der Waals surface area contributed by atoms with Crippen molar-refractivity contribution in [2.45, 2.75) is 51.7 Å². The fourth-order valence-electron chi connectivity index (χ4n) is 1.93. The second-order valence-corrected chi connectivity index (χ2v) is 5.22. The van der Waals surface area contributed by atoms with Crippen LogP contribution in [-0.2, 0) is 9.53 Å². The van der Waals surface area contributed by atoms with E-state index in [9.17, 15) is 4.79 Å². The summed E-state index contributed by atoms with van der Waals surface area (Å²) in [4.78, 5) is 14.0. The number of carbonyl (C=O) groups is 1. The summed E-state index contributed by atoms with van der Waals surface area (Å²) in [5.74, 6) is 2.47. The molecule has 3 nitrogen and oxygen atoms in total. The van der Waals surface area contributed by atoms with Gasteiger partial charge in [-0.05, 0) is 40.2 Å². The van der Waals surface area contributed by atoms with Crippen molar-refractivity contribution in [2.24, 2.45) is 0 Å². The number of likely N-dealkylation sites (tertiary alicyclic amines) is 1. The van der Waals surface area contributed by atoms with E-state index in [2.05, 4.69) is 5.92 Å². The van der Waals surface area contributed by atoms with Gasteiger partial charge in [-0.3, -0.25) is 9.69 Å². The van der Waals surface area contributed by atoms with Crippen LogP contribution >= 0.6 is 0 Å². The van der Waals surface area contributed by atoms with E-state index in [0.29, 0.717) is 6.54 Å². The van der Waals surface area contributed by atoms with E-state index in [-0.39, 0.29) is 12.0 Å². The molecule has 0 aromatic carbocycles. The number of piperidine rings is 1. The summed E-state index contributed by atoms with van der Waals surface area (Å²) in [6.45, 7) is 7.09. The van der Waals surface area contributed by atoms with Crippen LogP contribution in [0.25, 0.3) is 0 Å². The van der Waals surface area contributed by atoms with Gasteiger partial charge in [0.15, 0.2) is 0 Å². The molecule has 1 aliphatic rings. The molecule has 0 aromatic rings. The molecule has 0 saturated carbocycles. The van der Waals surface area contributed by atoms with Crippen molar-refractivity contribution in [1.29, 1.82) is 0 Å². The molecule has 0 aliphatic carbocycles. The zero-order valence-electron chi connectivity index (χ0n) is 10.5. The van der Waals surface area contributed by atoms with Gasteiger partial charge in [-0.15, -0.1) is 6.42 Å². The number of hydrogen-bond acceptors (Lipinski definition) is 3. The van der Waals surface area contributed by atoms with Gasteiger partial charge in [0.2, 0.25) is 0 Å². The molecule has 0 aromatic heterocycles. The summed E-state index contributed by atoms with van der Waals surface area (Å²) in [7, 11) is 0. The monoisotopic (exact) mass is 223 g/mol. The first-order valence-electron chi connectivity index (χ1n) is 5.84. The normalized spacial score (nSPS) is 22.5. The Morgan fingerprint density at radius 2 is 2.19 bits per heavy atom. The maximum absolute atomic E-state index is 12.0. The van der Waals surface area contributed by atoms with Gasteiger partial charge in [0.25, 0.3) is 0 Å². The predicted octanol–water partition coefficient (Wildman–Crippen LogP) is 1.82. The Balaban J connectivity index is 2.61. The van der Waals surface area contributed by atoms with Gasteiger partial charge in [0.05, 0.1) is 6.54 Å². The summed E-state index contributed by atoms with van der Waals surface area (Å²) < 4.78 is 5.40. The SMILES string of the molecule is C#CCN1CCCC[C@@H]1C(=O)OC(C)(C)C. The molecule has 1 saturated heterocycles. The molecule has 1 atom stereocenters. The van der Waals surface area contributed by atoms with Gasteiger partial charge in [-0.1, -0.05) is 12.3 Å². The van der Waals surface area contributed by atoms with Crippen molar-refractivity contribution >= 4 is 5.97 Å². The fourth-order valence-corrected chi connectivity index (χ4v) is 1.93. The number of rotatable bonds is 2. The molecule has 1 heterocycles. The highest BCUT2D eigenvalue weighted by molar-refractivity contribution is 5.76. The Morgan fingerprint density at radius 3 is 2.75 bits per heavy atom. The van der Waals surface area contributed by atoms with Crippen LogP contribution in [0, 0.1) is 12.3 Å². The minimum Gasteiger partial charge on any atom is -0.459 e. The number of carbonyl (C=O) groups excluding carboxylic acids is 1. The van der Waals surface area contributed by atoms with Crippen molar-refractivity contribution in [2.75, 3.05) is 13.1 Å². The first kappa shape index (κ1) is 13.1. The number of nitrogens with zero attached hydrogens (tertiary/aromatic N) is 1. The topological polar surface area (TPSA) is 29.5 Å². The number of hydrogen-bond donors (Lipinski definition) is 0. The number of ether oxygens (including phenoxy) is 1. The van der Waals surface area contributed by atoms with Crippen LogP contribution < -0.4 is 0 Å². The molecule has 3 heteroatoms. The Bertz CT molecular complexity index is 285. The molecular weight excluding hydrogens is 202 g/mol. The van der Waals surface area contributed by atoms with Gasteiger partial charge in [0, 0.05) is 0 Å². The van der Waals surface area contributed by atoms with Gasteiger partial charge in [-0.2, -0.15) is 0 Å². The fraction of sp³-hybridized carbons (Fsp3) is 0.769. The molecule has 0 bridgehead atoms. The van der Waals surface area contributed by atoms with Crippen LogP contribution in [0.1, 0.15) is 40.0 Å². The van der Waals surface area contributed by atoms with E-state index in [4.69, 9.17) is 11.2 Å². The van der Waals surface area contributed by atoms with E-state index >= 15 is 0 Å². The average molecular weight is 223 g/mol. The Hall–Kier alpha value is -1.01. The Labute approximate surface area is 98.1 Å². The van der Waals surface area contributed by atoms with Crippen LogP contribution in [0.3, 0.4) is 0 Å². The average Bonchev–Trinajstić information content (AvgIpc) is 2.16. The number of terminal acetylenes is 1. The molecule has 1 fully saturated rings. The van der Waals surface area contributed by atoms with Crippen LogP contribution in [-0.4, -0.2) is 35.6 Å². The standard InChI is InChI=1S/C13H21NO2/c1-5-9-14-10-7-6-8-11(14)12(15)16-13(2,3)4/h1,11H,6-10H2,2-4H3/t11-/m1/s1. The summed E-state index contributed by atoms with van der Waals surface area (Å²) >= 11 is 0. The van der Waals surface area contributed by atoms with Crippen molar-refractivity contribution < 1.29 is 9.53 Å². The van der Waals surface area contributed by atoms with Gasteiger partial charge >= 0.3 is 5.97 Å². The molecule has 1 rings (SSSR count). The van der Waals surface area contributed by atoms with Crippen LogP contribution in [0.2, 0.25) is 0 Å². The lowest BCUT2D eigenvalue weighted by molar-refractivity contribution is -0.162. The number of esters is 1. The van der Waals surface area contributed by atoms with Crippen LogP contribution in [0.15, 0.2) is 0 Å². The van der Waals surface area contributed by atoms with Crippen LogP contribution in [0.5, 0.6) is 0 Å². The van der Waals surface area contributed by atoms with Crippen LogP contribution in [0.4, 0.5) is 0 Å². The first-order chi connectivity index (χ1) is 7.44. The molecular formula is C13H21NO2. The second kappa shape index (κ2) is 5.36. The third-order valence-corrected chi connectivity index (χ3v) is 2.59. The highest BCUT2D eigenvalue weighted by Crippen LogP contribution is 2.20. The summed E-state index contributed by atoms with van der Waals surface area (Å²) in [5, 5.41) is 0. The highest BCUT2D eigenvalue weighted by Gasteiger charge is 2.31. The van der Waals surface area contributed by atoms with Crippen molar-refractivity contribution in [3.05, 3.63) is 0 Å². The maximum Gasteiger partial charge on any atom is 0.323 e. The van der Waals surface area contributed by atoms with E-state index in [1.165, 1.54) is 0 Å². The zero-order chi connectivity index (χ0) is 12.2. The molecule has 0 unspecified atom stereocenters. The van der Waals surface area contributed by atoms with E-state index in [0.717, 1.165) is 25.8 Å². The summed E-state index contributed by atoms with van der Waals surface area (Å²) in [6, 6.07) is -0.149. The second-order valence-electron chi connectivity index (χ2n) is 5.22. The third-order valence-electron chi connectivity index (χ3n) is 2.59. The van der Waals surface area contributed by atoms with Crippen molar-refractivity contribution in [1.82, 2.24) is 4.90 Å². The molecule has 1 aliphatic heterocycles. The highest BCUT2D eigenvalue weighted by atomic mass is 16.6. The summed E-state index contributed by atoms with van der Waals surface area (Å²) in [5.41, 5.74) is -0.420. The van der Waals surface area contributed by atoms with E-state index in [1.807, 2.05) is 25.7 Å². The van der Waals surface area contributed by atoms with Gasteiger partial charge in [-0.25, -0.2) is 0 Å². The van der Waals surface area contributed by atoms with Gasteiger partial charge < -0.3 is 4.74 Å². The van der Waals surface area contributed by atoms with Crippen molar-refractivity contribution in [3.8, 4) is 12.3 Å². The minimum atomic E-state index is -0.420. The zero-order valence-corrected chi connectivity index (χ0v) is 10.5. The lowest BCUT2D eigenvalue weighted by Gasteiger charge is -2.34. The van der Waals surface area contributed by atoms with E-state index < -0.39 is 5.60 Å². The van der Waals surface area contributed by atoms with E-state index in [1.54, 1.807) is 0 Å². The lowest BCUT2D eigenvalue weighted by Crippen LogP contribution is -2.47. The molecule has 0 amide bonds. The smallest absolute Gasteiger partial charge is 0.323 e. The molecule has 0 N–H and O–H groups in total. The molecule has 0 radical (unpaired) electrons. The quantitative estimate of drug-likeness (QED) is 0.528. The summed E-state index contributed by atoms with van der Waals surface area (Å²) in [6.07, 6.45) is 8.35. The lowest BCUT2D eigenvalue weighted by atomic mass is 10.0.